The fourth-order valence-electron chi connectivity index (χ4n) is 1.77. The highest BCUT2D eigenvalue weighted by molar-refractivity contribution is 7.09. The minimum Gasteiger partial charge on any atom is -0.308 e. The second-order valence-electron chi connectivity index (χ2n) is 4.65. The van der Waals surface area contributed by atoms with E-state index in [9.17, 15) is 0 Å². The zero-order valence-electron chi connectivity index (χ0n) is 9.94. The second kappa shape index (κ2) is 4.59. The Bertz CT molecular complexity index is 497. The van der Waals surface area contributed by atoms with Gasteiger partial charge >= 0.3 is 0 Å². The third kappa shape index (κ3) is 2.73. The number of hydrogen-bond acceptors (Lipinski definition) is 3. The standard InChI is InChI=1S/C14H16N2S/c1-10-2-4-11(5-3-10)13-9-17-14(16-13)8-15-12-6-7-12/h2-5,9,12,15H,6-8H2,1H3. The number of benzene rings is 1. The zero-order valence-corrected chi connectivity index (χ0v) is 10.8. The van der Waals surface area contributed by atoms with Gasteiger partial charge in [0.15, 0.2) is 0 Å². The molecule has 3 heteroatoms. The average molecular weight is 244 g/mol. The summed E-state index contributed by atoms with van der Waals surface area (Å²) in [5.41, 5.74) is 3.60. The van der Waals surface area contributed by atoms with Crippen LogP contribution in [0, 0.1) is 6.92 Å². The van der Waals surface area contributed by atoms with E-state index in [1.54, 1.807) is 11.3 Å². The van der Waals surface area contributed by atoms with Gasteiger partial charge in [-0.05, 0) is 19.8 Å². The fourth-order valence-corrected chi connectivity index (χ4v) is 2.52. The quantitative estimate of drug-likeness (QED) is 0.892. The number of aryl methyl sites for hydroxylation is 1. The van der Waals surface area contributed by atoms with Gasteiger partial charge in [0.05, 0.1) is 5.69 Å². The summed E-state index contributed by atoms with van der Waals surface area (Å²) in [6.45, 7) is 3.02. The van der Waals surface area contributed by atoms with E-state index in [0.29, 0.717) is 0 Å². The van der Waals surface area contributed by atoms with Crippen LogP contribution in [0.4, 0.5) is 0 Å². The molecule has 1 aromatic heterocycles. The van der Waals surface area contributed by atoms with Crippen LogP contribution < -0.4 is 5.32 Å². The Kier molecular flexibility index (Phi) is 2.95. The van der Waals surface area contributed by atoms with Gasteiger partial charge in [-0.3, -0.25) is 0 Å². The Labute approximate surface area is 106 Å². The highest BCUT2D eigenvalue weighted by Crippen LogP contribution is 2.24. The van der Waals surface area contributed by atoms with Gasteiger partial charge in [-0.1, -0.05) is 29.8 Å². The largest absolute Gasteiger partial charge is 0.308 e. The zero-order chi connectivity index (χ0) is 11.7. The first-order valence-corrected chi connectivity index (χ1v) is 6.94. The summed E-state index contributed by atoms with van der Waals surface area (Å²) >= 11 is 1.74. The highest BCUT2D eigenvalue weighted by atomic mass is 32.1. The van der Waals surface area contributed by atoms with Crippen molar-refractivity contribution in [2.45, 2.75) is 32.4 Å². The van der Waals surface area contributed by atoms with Crippen LogP contribution in [0.1, 0.15) is 23.4 Å². The first-order valence-electron chi connectivity index (χ1n) is 6.06. The molecular formula is C14H16N2S. The lowest BCUT2D eigenvalue weighted by Crippen LogP contribution is -2.14. The third-order valence-corrected chi connectivity index (χ3v) is 3.87. The molecule has 0 aliphatic heterocycles. The van der Waals surface area contributed by atoms with Gasteiger partial charge in [-0.2, -0.15) is 0 Å². The summed E-state index contributed by atoms with van der Waals surface area (Å²) in [5, 5.41) is 6.83. The normalized spacial score (nSPS) is 15.1. The van der Waals surface area contributed by atoms with E-state index in [4.69, 9.17) is 0 Å². The summed E-state index contributed by atoms with van der Waals surface area (Å²) < 4.78 is 0. The van der Waals surface area contributed by atoms with Gasteiger partial charge in [0.1, 0.15) is 5.01 Å². The smallest absolute Gasteiger partial charge is 0.107 e. The molecule has 0 spiro atoms. The van der Waals surface area contributed by atoms with Crippen LogP contribution >= 0.6 is 11.3 Å². The van der Waals surface area contributed by atoms with Crippen LogP contribution in [0.25, 0.3) is 11.3 Å². The molecule has 0 unspecified atom stereocenters. The number of rotatable bonds is 4. The van der Waals surface area contributed by atoms with Crippen molar-refractivity contribution in [3.05, 3.63) is 40.2 Å². The summed E-state index contributed by atoms with van der Waals surface area (Å²) in [6, 6.07) is 9.31. The molecule has 17 heavy (non-hydrogen) atoms. The average Bonchev–Trinajstić information content (AvgIpc) is 3.06. The van der Waals surface area contributed by atoms with Crippen LogP contribution in [0.15, 0.2) is 29.6 Å². The lowest BCUT2D eigenvalue weighted by Gasteiger charge is -1.98. The Morgan fingerprint density at radius 2 is 2.06 bits per heavy atom. The van der Waals surface area contributed by atoms with Crippen LogP contribution in [-0.4, -0.2) is 11.0 Å². The minimum atomic E-state index is 0.752. The van der Waals surface area contributed by atoms with Gasteiger partial charge in [0.2, 0.25) is 0 Å². The number of nitrogens with one attached hydrogen (secondary N) is 1. The van der Waals surface area contributed by atoms with Crippen molar-refractivity contribution in [2.75, 3.05) is 0 Å². The first kappa shape index (κ1) is 10.9. The van der Waals surface area contributed by atoms with Crippen LogP contribution in [0.3, 0.4) is 0 Å². The molecule has 1 N–H and O–H groups in total. The van der Waals surface area contributed by atoms with Crippen LogP contribution in [0.5, 0.6) is 0 Å². The predicted molar refractivity (Wildman–Crippen MR) is 72.1 cm³/mol. The van der Waals surface area contributed by atoms with Gasteiger partial charge < -0.3 is 5.32 Å². The molecule has 1 fully saturated rings. The molecule has 0 amide bonds. The van der Waals surface area contributed by atoms with Crippen molar-refractivity contribution in [3.8, 4) is 11.3 Å². The van der Waals surface area contributed by atoms with Crippen molar-refractivity contribution < 1.29 is 0 Å². The molecule has 1 aliphatic carbocycles. The number of aromatic nitrogens is 1. The summed E-state index contributed by atoms with van der Waals surface area (Å²) in [7, 11) is 0. The van der Waals surface area contributed by atoms with Gasteiger partial charge in [0.25, 0.3) is 0 Å². The van der Waals surface area contributed by atoms with Crippen molar-refractivity contribution in [1.29, 1.82) is 0 Å². The minimum absolute atomic E-state index is 0.752. The van der Waals surface area contributed by atoms with Gasteiger partial charge in [-0.15, -0.1) is 11.3 Å². The van der Waals surface area contributed by atoms with E-state index >= 15 is 0 Å². The fraction of sp³-hybridized carbons (Fsp3) is 0.357. The van der Waals surface area contributed by atoms with E-state index in [1.807, 2.05) is 0 Å². The highest BCUT2D eigenvalue weighted by Gasteiger charge is 2.20. The van der Waals surface area contributed by atoms with Crippen molar-refractivity contribution >= 4 is 11.3 Å². The van der Waals surface area contributed by atoms with Gasteiger partial charge in [0, 0.05) is 23.5 Å². The molecule has 88 valence electrons. The number of nitrogens with zero attached hydrogens (tertiary/aromatic N) is 1. The first-order chi connectivity index (χ1) is 8.31. The summed E-state index contributed by atoms with van der Waals surface area (Å²) in [5.74, 6) is 0. The van der Waals surface area contributed by atoms with Crippen LogP contribution in [-0.2, 0) is 6.54 Å². The predicted octanol–water partition coefficient (Wildman–Crippen LogP) is 3.37. The molecule has 0 saturated heterocycles. The molecule has 1 aromatic carbocycles. The van der Waals surface area contributed by atoms with E-state index in [0.717, 1.165) is 18.3 Å². The number of hydrogen-bond donors (Lipinski definition) is 1. The maximum Gasteiger partial charge on any atom is 0.107 e. The monoisotopic (exact) mass is 244 g/mol. The Hall–Kier alpha value is -1.19. The van der Waals surface area contributed by atoms with E-state index in [-0.39, 0.29) is 0 Å². The molecule has 2 nitrogen and oxygen atoms in total. The number of thiazole rings is 1. The summed E-state index contributed by atoms with van der Waals surface area (Å²) in [4.78, 5) is 4.67. The third-order valence-electron chi connectivity index (χ3n) is 3.02. The Morgan fingerprint density at radius 1 is 1.29 bits per heavy atom. The lowest BCUT2D eigenvalue weighted by atomic mass is 10.1. The Morgan fingerprint density at radius 3 is 2.76 bits per heavy atom. The molecule has 1 heterocycles. The topological polar surface area (TPSA) is 24.9 Å². The molecule has 0 radical (unpaired) electrons. The van der Waals surface area contributed by atoms with Crippen molar-refractivity contribution in [3.63, 3.8) is 0 Å². The van der Waals surface area contributed by atoms with Crippen LogP contribution in [0.2, 0.25) is 0 Å². The van der Waals surface area contributed by atoms with E-state index < -0.39 is 0 Å². The van der Waals surface area contributed by atoms with E-state index in [2.05, 4.69) is 46.9 Å². The molecular weight excluding hydrogens is 228 g/mol. The summed E-state index contributed by atoms with van der Waals surface area (Å²) in [6.07, 6.45) is 2.66. The second-order valence-corrected chi connectivity index (χ2v) is 5.59. The Balaban J connectivity index is 1.72. The molecule has 2 aromatic rings. The molecule has 1 aliphatic rings. The molecule has 3 rings (SSSR count). The van der Waals surface area contributed by atoms with Crippen molar-refractivity contribution in [1.82, 2.24) is 10.3 Å². The molecule has 1 saturated carbocycles. The lowest BCUT2D eigenvalue weighted by molar-refractivity contribution is 0.685. The van der Waals surface area contributed by atoms with Gasteiger partial charge in [-0.25, -0.2) is 4.98 Å². The maximum absolute atomic E-state index is 4.67. The van der Waals surface area contributed by atoms with E-state index in [1.165, 1.54) is 29.0 Å². The van der Waals surface area contributed by atoms with Crippen molar-refractivity contribution in [2.24, 2.45) is 0 Å². The molecule has 0 atom stereocenters. The SMILES string of the molecule is Cc1ccc(-c2csc(CNC3CC3)n2)cc1. The maximum atomic E-state index is 4.67. The molecule has 0 bridgehead atoms.